The summed E-state index contributed by atoms with van der Waals surface area (Å²) in [5.41, 5.74) is 5.20. The van der Waals surface area contributed by atoms with Crippen molar-refractivity contribution in [2.45, 2.75) is 38.7 Å². The van der Waals surface area contributed by atoms with Gasteiger partial charge in [-0.25, -0.2) is 4.79 Å². The molecule has 0 saturated heterocycles. The quantitative estimate of drug-likeness (QED) is 0.203. The standard InChI is InChI=1S/C28H30N2O6/c31-26(18-29-36-21-24-14-8-3-9-15-24)30-25(28(33)35-20-23-12-6-2-7-13-23)16-17-27(32)34-19-22-10-4-1-5-11-22/h1-15,25,29H,16-21H2,(H,30,31)/t25-/m0/s1. The molecule has 0 spiro atoms. The van der Waals surface area contributed by atoms with E-state index >= 15 is 0 Å². The maximum Gasteiger partial charge on any atom is 0.328 e. The van der Waals surface area contributed by atoms with Gasteiger partial charge in [-0.15, -0.1) is 0 Å². The summed E-state index contributed by atoms with van der Waals surface area (Å²) in [6, 6.07) is 27.0. The van der Waals surface area contributed by atoms with E-state index < -0.39 is 23.9 Å². The summed E-state index contributed by atoms with van der Waals surface area (Å²) in [4.78, 5) is 42.7. The molecule has 3 rings (SSSR count). The van der Waals surface area contributed by atoms with Crippen molar-refractivity contribution in [2.75, 3.05) is 6.54 Å². The van der Waals surface area contributed by atoms with E-state index in [2.05, 4.69) is 10.8 Å². The smallest absolute Gasteiger partial charge is 0.328 e. The van der Waals surface area contributed by atoms with Crippen molar-refractivity contribution < 1.29 is 28.7 Å². The van der Waals surface area contributed by atoms with Crippen LogP contribution in [0.1, 0.15) is 29.5 Å². The van der Waals surface area contributed by atoms with Crippen molar-refractivity contribution in [3.05, 3.63) is 108 Å². The molecule has 2 N–H and O–H groups in total. The first-order valence-corrected chi connectivity index (χ1v) is 11.7. The number of amides is 1. The molecular weight excluding hydrogens is 460 g/mol. The van der Waals surface area contributed by atoms with Crippen molar-refractivity contribution in [3.8, 4) is 0 Å². The fourth-order valence-corrected chi connectivity index (χ4v) is 3.22. The van der Waals surface area contributed by atoms with Crippen LogP contribution in [0.4, 0.5) is 0 Å². The molecule has 8 nitrogen and oxygen atoms in total. The number of benzene rings is 3. The molecule has 8 heteroatoms. The molecule has 0 aromatic heterocycles. The van der Waals surface area contributed by atoms with Crippen LogP contribution in [-0.2, 0) is 48.5 Å². The molecule has 188 valence electrons. The second-order valence-corrected chi connectivity index (χ2v) is 7.99. The predicted octanol–water partition coefficient (Wildman–Crippen LogP) is 3.46. The third kappa shape index (κ3) is 10.1. The Balaban J connectivity index is 1.47. The molecule has 0 unspecified atom stereocenters. The third-order valence-electron chi connectivity index (χ3n) is 5.14. The minimum Gasteiger partial charge on any atom is -0.461 e. The Hall–Kier alpha value is -4.01. The SMILES string of the molecule is O=C(CNOCc1ccccc1)N[C@@H](CCC(=O)OCc1ccccc1)C(=O)OCc1ccccc1. The lowest BCUT2D eigenvalue weighted by molar-refractivity contribution is -0.150. The summed E-state index contributed by atoms with van der Waals surface area (Å²) in [7, 11) is 0. The van der Waals surface area contributed by atoms with Gasteiger partial charge in [0.2, 0.25) is 5.91 Å². The number of rotatable bonds is 14. The van der Waals surface area contributed by atoms with E-state index in [4.69, 9.17) is 14.3 Å². The van der Waals surface area contributed by atoms with Gasteiger partial charge >= 0.3 is 11.9 Å². The molecule has 1 atom stereocenters. The molecule has 0 aliphatic heterocycles. The molecule has 36 heavy (non-hydrogen) atoms. The molecule has 0 heterocycles. The Bertz CT molecular complexity index is 1080. The lowest BCUT2D eigenvalue weighted by Gasteiger charge is -2.18. The zero-order valence-corrected chi connectivity index (χ0v) is 19.9. The number of hydroxylamine groups is 1. The minimum absolute atomic E-state index is 0.0395. The maximum atomic E-state index is 12.7. The lowest BCUT2D eigenvalue weighted by atomic mass is 10.1. The average Bonchev–Trinajstić information content (AvgIpc) is 2.92. The van der Waals surface area contributed by atoms with Gasteiger partial charge < -0.3 is 14.8 Å². The number of carbonyl (C=O) groups is 3. The fourth-order valence-electron chi connectivity index (χ4n) is 3.22. The van der Waals surface area contributed by atoms with E-state index in [0.717, 1.165) is 16.7 Å². The molecule has 3 aromatic rings. The summed E-state index contributed by atoms with van der Waals surface area (Å²) in [6.45, 7) is 0.304. The highest BCUT2D eigenvalue weighted by Crippen LogP contribution is 2.08. The van der Waals surface area contributed by atoms with E-state index in [-0.39, 0.29) is 39.2 Å². The minimum atomic E-state index is -1.01. The van der Waals surface area contributed by atoms with Crippen molar-refractivity contribution in [3.63, 3.8) is 0 Å². The Morgan fingerprint density at radius 3 is 1.72 bits per heavy atom. The molecule has 0 bridgehead atoms. The van der Waals surface area contributed by atoms with Gasteiger partial charge in [-0.1, -0.05) is 91.0 Å². The molecule has 1 amide bonds. The van der Waals surface area contributed by atoms with Gasteiger partial charge in [0.05, 0.1) is 13.2 Å². The molecule has 0 saturated carbocycles. The topological polar surface area (TPSA) is 103 Å². The summed E-state index contributed by atoms with van der Waals surface area (Å²) < 4.78 is 10.7. The van der Waals surface area contributed by atoms with Crippen LogP contribution >= 0.6 is 0 Å². The Morgan fingerprint density at radius 2 is 1.17 bits per heavy atom. The highest BCUT2D eigenvalue weighted by atomic mass is 16.6. The van der Waals surface area contributed by atoms with Gasteiger partial charge in [0.1, 0.15) is 19.3 Å². The van der Waals surface area contributed by atoms with Crippen LogP contribution in [0, 0.1) is 0 Å². The van der Waals surface area contributed by atoms with Crippen molar-refractivity contribution in [2.24, 2.45) is 0 Å². The molecular formula is C28H30N2O6. The van der Waals surface area contributed by atoms with E-state index in [1.807, 2.05) is 91.0 Å². The largest absolute Gasteiger partial charge is 0.461 e. The van der Waals surface area contributed by atoms with Crippen molar-refractivity contribution in [1.82, 2.24) is 10.8 Å². The number of nitrogens with one attached hydrogen (secondary N) is 2. The third-order valence-corrected chi connectivity index (χ3v) is 5.14. The first-order chi connectivity index (χ1) is 17.6. The normalized spacial score (nSPS) is 11.3. The molecule has 0 aliphatic rings. The summed E-state index contributed by atoms with van der Waals surface area (Å²) >= 11 is 0. The number of hydrogen-bond acceptors (Lipinski definition) is 7. The van der Waals surface area contributed by atoms with Crippen LogP contribution in [0.25, 0.3) is 0 Å². The highest BCUT2D eigenvalue weighted by Gasteiger charge is 2.24. The zero-order valence-electron chi connectivity index (χ0n) is 19.9. The highest BCUT2D eigenvalue weighted by molar-refractivity contribution is 5.85. The Labute approximate surface area is 210 Å². The zero-order chi connectivity index (χ0) is 25.4. The maximum absolute atomic E-state index is 12.7. The number of carbonyl (C=O) groups excluding carboxylic acids is 3. The number of esters is 2. The van der Waals surface area contributed by atoms with E-state index in [1.165, 1.54) is 0 Å². The van der Waals surface area contributed by atoms with Crippen LogP contribution in [0.5, 0.6) is 0 Å². The van der Waals surface area contributed by atoms with Gasteiger partial charge in [-0.2, -0.15) is 5.48 Å². The first-order valence-electron chi connectivity index (χ1n) is 11.7. The molecule has 0 fully saturated rings. The van der Waals surface area contributed by atoms with Crippen LogP contribution in [0.2, 0.25) is 0 Å². The number of ether oxygens (including phenoxy) is 2. The van der Waals surface area contributed by atoms with Crippen LogP contribution in [0.3, 0.4) is 0 Å². The fraction of sp³-hybridized carbons (Fsp3) is 0.250. The monoisotopic (exact) mass is 490 g/mol. The second kappa shape index (κ2) is 15.1. The van der Waals surface area contributed by atoms with E-state index in [0.29, 0.717) is 0 Å². The summed E-state index contributed by atoms with van der Waals surface area (Å²) in [5.74, 6) is -1.58. The van der Waals surface area contributed by atoms with Gasteiger partial charge in [0.15, 0.2) is 0 Å². The number of hydrogen-bond donors (Lipinski definition) is 2. The second-order valence-electron chi connectivity index (χ2n) is 7.99. The Kier molecular flexibility index (Phi) is 11.1. The van der Waals surface area contributed by atoms with Gasteiger partial charge in [0, 0.05) is 6.42 Å². The van der Waals surface area contributed by atoms with Gasteiger partial charge in [-0.3, -0.25) is 14.4 Å². The van der Waals surface area contributed by atoms with Gasteiger partial charge in [-0.05, 0) is 23.1 Å². The van der Waals surface area contributed by atoms with E-state index in [1.54, 1.807) is 0 Å². The Morgan fingerprint density at radius 1 is 0.667 bits per heavy atom. The molecule has 0 aliphatic carbocycles. The van der Waals surface area contributed by atoms with Crippen LogP contribution < -0.4 is 10.8 Å². The van der Waals surface area contributed by atoms with Crippen molar-refractivity contribution >= 4 is 17.8 Å². The summed E-state index contributed by atoms with van der Waals surface area (Å²) in [5, 5.41) is 2.62. The van der Waals surface area contributed by atoms with E-state index in [9.17, 15) is 14.4 Å². The summed E-state index contributed by atoms with van der Waals surface area (Å²) in [6.07, 6.45) is -0.0198. The lowest BCUT2D eigenvalue weighted by Crippen LogP contribution is -2.45. The predicted molar refractivity (Wildman–Crippen MR) is 133 cm³/mol. The van der Waals surface area contributed by atoms with Crippen molar-refractivity contribution in [1.29, 1.82) is 0 Å². The average molecular weight is 491 g/mol. The first kappa shape index (κ1) is 26.6. The van der Waals surface area contributed by atoms with Crippen LogP contribution in [0.15, 0.2) is 91.0 Å². The molecule has 0 radical (unpaired) electrons. The van der Waals surface area contributed by atoms with Crippen LogP contribution in [-0.4, -0.2) is 30.4 Å². The molecule has 3 aromatic carbocycles. The van der Waals surface area contributed by atoms with Gasteiger partial charge in [0.25, 0.3) is 0 Å².